The minimum Gasteiger partial charge on any atom is -0.337 e. The van der Waals surface area contributed by atoms with Gasteiger partial charge in [-0.2, -0.15) is 0 Å². The molecule has 0 aromatic carbocycles. The number of hydrogen-bond donors (Lipinski definition) is 0. The van der Waals surface area contributed by atoms with Crippen molar-refractivity contribution >= 4 is 17.2 Å². The highest BCUT2D eigenvalue weighted by molar-refractivity contribution is 7.14. The fourth-order valence-electron chi connectivity index (χ4n) is 2.84. The van der Waals surface area contributed by atoms with Crippen LogP contribution in [0.5, 0.6) is 0 Å². The Morgan fingerprint density at radius 3 is 3.14 bits per heavy atom. The number of nitrogens with zero attached hydrogens (tertiary/aromatic N) is 2. The number of rotatable bonds is 3. The molecular weight excluding hydrogens is 280 g/mol. The fourth-order valence-corrected chi connectivity index (χ4v) is 4.04. The van der Waals surface area contributed by atoms with Crippen LogP contribution in [0.3, 0.4) is 0 Å². The van der Waals surface area contributed by atoms with Gasteiger partial charge in [0.25, 0.3) is 5.91 Å². The van der Waals surface area contributed by atoms with Gasteiger partial charge in [0, 0.05) is 30.9 Å². The first-order chi connectivity index (χ1) is 10.1. The highest BCUT2D eigenvalue weighted by Gasteiger charge is 2.22. The van der Waals surface area contributed by atoms with E-state index in [-0.39, 0.29) is 5.91 Å². The molecule has 110 valence electrons. The van der Waals surface area contributed by atoms with Crippen LogP contribution >= 0.6 is 11.3 Å². The Bertz CT molecular complexity index is 635. The molecule has 0 unspecified atom stereocenters. The summed E-state index contributed by atoms with van der Waals surface area (Å²) < 4.78 is 0. The predicted molar refractivity (Wildman–Crippen MR) is 85.5 cm³/mol. The van der Waals surface area contributed by atoms with Gasteiger partial charge in [0.05, 0.1) is 4.88 Å². The second-order valence-electron chi connectivity index (χ2n) is 5.93. The summed E-state index contributed by atoms with van der Waals surface area (Å²) in [6.07, 6.45) is 7.05. The summed E-state index contributed by atoms with van der Waals surface area (Å²) in [5.41, 5.74) is 2.44. The van der Waals surface area contributed by atoms with E-state index in [0.29, 0.717) is 6.54 Å². The highest BCUT2D eigenvalue weighted by Crippen LogP contribution is 2.32. The van der Waals surface area contributed by atoms with Crippen LogP contribution in [-0.4, -0.2) is 22.8 Å². The van der Waals surface area contributed by atoms with Gasteiger partial charge in [-0.05, 0) is 48.4 Å². The molecule has 1 amide bonds. The Morgan fingerprint density at radius 1 is 1.52 bits per heavy atom. The topological polar surface area (TPSA) is 33.2 Å². The first-order valence-corrected chi connectivity index (χ1v) is 8.21. The number of aromatic nitrogens is 1. The third-order valence-electron chi connectivity index (χ3n) is 4.03. The van der Waals surface area contributed by atoms with Crippen molar-refractivity contribution in [2.24, 2.45) is 5.92 Å². The maximum absolute atomic E-state index is 12.6. The molecule has 1 aliphatic carbocycles. The van der Waals surface area contributed by atoms with E-state index in [1.54, 1.807) is 22.4 Å². The third kappa shape index (κ3) is 3.16. The van der Waals surface area contributed by atoms with Crippen LogP contribution in [-0.2, 0) is 19.4 Å². The molecule has 1 atom stereocenters. The number of amides is 1. The molecule has 2 aromatic rings. The van der Waals surface area contributed by atoms with Crippen molar-refractivity contribution in [2.45, 2.75) is 32.7 Å². The Balaban J connectivity index is 1.73. The second-order valence-corrected chi connectivity index (χ2v) is 7.07. The molecule has 2 aromatic heterocycles. The number of carbonyl (C=O) groups excluding carboxylic acids is 1. The molecule has 0 radical (unpaired) electrons. The van der Waals surface area contributed by atoms with E-state index in [0.717, 1.165) is 29.2 Å². The van der Waals surface area contributed by atoms with Gasteiger partial charge in [-0.1, -0.05) is 13.0 Å². The predicted octanol–water partition coefficient (Wildman–Crippen LogP) is 3.54. The quantitative estimate of drug-likeness (QED) is 0.868. The third-order valence-corrected chi connectivity index (χ3v) is 5.25. The number of pyridine rings is 1. The molecule has 0 spiro atoms. The number of carbonyl (C=O) groups is 1. The summed E-state index contributed by atoms with van der Waals surface area (Å²) in [4.78, 5) is 20.7. The van der Waals surface area contributed by atoms with Crippen molar-refractivity contribution in [2.75, 3.05) is 7.05 Å². The van der Waals surface area contributed by atoms with E-state index < -0.39 is 0 Å². The zero-order valence-electron chi connectivity index (χ0n) is 12.5. The van der Waals surface area contributed by atoms with Gasteiger partial charge in [-0.3, -0.25) is 9.78 Å². The van der Waals surface area contributed by atoms with Crippen LogP contribution in [0.15, 0.2) is 30.6 Å². The van der Waals surface area contributed by atoms with E-state index >= 15 is 0 Å². The highest BCUT2D eigenvalue weighted by atomic mass is 32.1. The van der Waals surface area contributed by atoms with Crippen molar-refractivity contribution < 1.29 is 4.79 Å². The van der Waals surface area contributed by atoms with Crippen LogP contribution in [0.2, 0.25) is 0 Å². The van der Waals surface area contributed by atoms with Crippen molar-refractivity contribution in [3.8, 4) is 0 Å². The first kappa shape index (κ1) is 14.3. The molecule has 0 bridgehead atoms. The molecule has 1 aliphatic rings. The number of fused-ring (bicyclic) bond motifs is 1. The van der Waals surface area contributed by atoms with Crippen LogP contribution in [0, 0.1) is 5.92 Å². The summed E-state index contributed by atoms with van der Waals surface area (Å²) in [5, 5.41) is 0. The Hall–Kier alpha value is -1.68. The van der Waals surface area contributed by atoms with E-state index in [9.17, 15) is 4.79 Å². The smallest absolute Gasteiger partial charge is 0.263 e. The molecule has 4 heteroatoms. The van der Waals surface area contributed by atoms with Crippen LogP contribution < -0.4 is 0 Å². The molecule has 3 nitrogen and oxygen atoms in total. The average molecular weight is 300 g/mol. The van der Waals surface area contributed by atoms with Crippen LogP contribution in [0.4, 0.5) is 0 Å². The maximum Gasteiger partial charge on any atom is 0.263 e. The van der Waals surface area contributed by atoms with E-state index in [1.807, 2.05) is 25.4 Å². The Morgan fingerprint density at radius 2 is 2.38 bits per heavy atom. The monoisotopic (exact) mass is 300 g/mol. The summed E-state index contributed by atoms with van der Waals surface area (Å²) in [6.45, 7) is 2.89. The van der Waals surface area contributed by atoms with Crippen molar-refractivity contribution in [3.63, 3.8) is 0 Å². The maximum atomic E-state index is 12.6. The summed E-state index contributed by atoms with van der Waals surface area (Å²) in [5.74, 6) is 0.856. The normalized spacial score (nSPS) is 17.3. The van der Waals surface area contributed by atoms with Gasteiger partial charge in [0.1, 0.15) is 0 Å². The molecule has 0 fully saturated rings. The lowest BCUT2D eigenvalue weighted by molar-refractivity contribution is 0.0789. The molecule has 0 saturated heterocycles. The van der Waals surface area contributed by atoms with Crippen molar-refractivity contribution in [1.82, 2.24) is 9.88 Å². The molecular formula is C17H20N2OS. The van der Waals surface area contributed by atoms with Gasteiger partial charge < -0.3 is 4.90 Å². The molecule has 21 heavy (non-hydrogen) atoms. The molecule has 3 rings (SSSR count). The van der Waals surface area contributed by atoms with Crippen LogP contribution in [0.1, 0.15) is 39.0 Å². The zero-order chi connectivity index (χ0) is 14.8. The van der Waals surface area contributed by atoms with E-state index in [4.69, 9.17) is 0 Å². The standard InChI is InChI=1S/C17H20N2OS/c1-12-5-6-15-14(8-12)9-16(21-15)17(20)19(2)11-13-4-3-7-18-10-13/h3-4,7,9-10,12H,5-6,8,11H2,1-2H3/t12-/m0/s1. The minimum atomic E-state index is 0.117. The van der Waals surface area contributed by atoms with Crippen molar-refractivity contribution in [1.29, 1.82) is 0 Å². The zero-order valence-corrected chi connectivity index (χ0v) is 13.3. The van der Waals surface area contributed by atoms with Gasteiger partial charge in [-0.15, -0.1) is 11.3 Å². The first-order valence-electron chi connectivity index (χ1n) is 7.39. The average Bonchev–Trinajstić information content (AvgIpc) is 2.90. The fraction of sp³-hybridized carbons (Fsp3) is 0.412. The van der Waals surface area contributed by atoms with E-state index in [2.05, 4.69) is 18.0 Å². The molecule has 2 heterocycles. The second kappa shape index (κ2) is 5.98. The van der Waals surface area contributed by atoms with Crippen LogP contribution in [0.25, 0.3) is 0 Å². The number of hydrogen-bond acceptors (Lipinski definition) is 3. The van der Waals surface area contributed by atoms with Gasteiger partial charge in [0.2, 0.25) is 0 Å². The lowest BCUT2D eigenvalue weighted by Gasteiger charge is -2.16. The molecule has 0 saturated carbocycles. The van der Waals surface area contributed by atoms with Gasteiger partial charge in [-0.25, -0.2) is 0 Å². The van der Waals surface area contributed by atoms with E-state index in [1.165, 1.54) is 16.9 Å². The molecule has 0 aliphatic heterocycles. The Kier molecular flexibility index (Phi) is 4.06. The summed E-state index contributed by atoms with van der Waals surface area (Å²) in [6, 6.07) is 6.01. The van der Waals surface area contributed by atoms with Crippen molar-refractivity contribution in [3.05, 3.63) is 51.5 Å². The minimum absolute atomic E-state index is 0.117. The van der Waals surface area contributed by atoms with Gasteiger partial charge in [0.15, 0.2) is 0 Å². The lowest BCUT2D eigenvalue weighted by Crippen LogP contribution is -2.25. The summed E-state index contributed by atoms with van der Waals surface area (Å²) >= 11 is 1.68. The lowest BCUT2D eigenvalue weighted by atomic mass is 9.90. The van der Waals surface area contributed by atoms with Gasteiger partial charge >= 0.3 is 0 Å². The molecule has 0 N–H and O–H groups in total. The number of thiophene rings is 1. The SMILES string of the molecule is C[C@H]1CCc2sc(C(=O)N(C)Cc3cccnc3)cc2C1. The summed E-state index contributed by atoms with van der Waals surface area (Å²) in [7, 11) is 1.86. The largest absolute Gasteiger partial charge is 0.337 e. The number of aryl methyl sites for hydroxylation is 1. The Labute approximate surface area is 129 Å².